The van der Waals surface area contributed by atoms with Crippen LogP contribution in [-0.4, -0.2) is 41.7 Å². The van der Waals surface area contributed by atoms with Gasteiger partial charge in [0, 0.05) is 31.4 Å². The van der Waals surface area contributed by atoms with Crippen LogP contribution in [0.2, 0.25) is 0 Å². The summed E-state index contributed by atoms with van der Waals surface area (Å²) in [7, 11) is 0. The lowest BCUT2D eigenvalue weighted by Crippen LogP contribution is -2.46. The lowest BCUT2D eigenvalue weighted by Gasteiger charge is -2.32. The van der Waals surface area contributed by atoms with Crippen LogP contribution >= 0.6 is 22.9 Å². The van der Waals surface area contributed by atoms with Gasteiger partial charge in [-0.15, -0.1) is 22.9 Å². The van der Waals surface area contributed by atoms with Gasteiger partial charge in [0.2, 0.25) is 5.91 Å². The molecule has 1 aromatic heterocycles. The largest absolute Gasteiger partial charge is 0.353 e. The molecule has 0 aromatic carbocycles. The number of piperidine rings is 1. The molecule has 0 saturated carbocycles. The average molecular weight is 315 g/mol. The van der Waals surface area contributed by atoms with Crippen LogP contribution in [0.5, 0.6) is 0 Å². The van der Waals surface area contributed by atoms with Crippen LogP contribution in [0, 0.1) is 0 Å². The number of hydrogen-bond acceptors (Lipinski definition) is 3. The van der Waals surface area contributed by atoms with Gasteiger partial charge in [-0.3, -0.25) is 9.59 Å². The molecule has 20 heavy (non-hydrogen) atoms. The number of hydrogen-bond donors (Lipinski definition) is 1. The summed E-state index contributed by atoms with van der Waals surface area (Å²) in [6.45, 7) is 1.41. The first-order chi connectivity index (χ1) is 9.70. The molecule has 0 spiro atoms. The van der Waals surface area contributed by atoms with E-state index in [-0.39, 0.29) is 17.9 Å². The number of amides is 2. The summed E-state index contributed by atoms with van der Waals surface area (Å²) in [5, 5.41) is 4.93. The molecule has 1 fully saturated rings. The summed E-state index contributed by atoms with van der Waals surface area (Å²) in [5.41, 5.74) is 0. The van der Waals surface area contributed by atoms with E-state index < -0.39 is 0 Å². The highest BCUT2D eigenvalue weighted by atomic mass is 35.5. The number of alkyl halides is 1. The zero-order valence-electron chi connectivity index (χ0n) is 11.3. The first kappa shape index (κ1) is 15.3. The Morgan fingerprint density at radius 1 is 1.40 bits per heavy atom. The standard InChI is InChI=1S/C14H19ClN2O2S/c15-7-1-4-13(18)16-11-5-8-17(9-6-11)14(19)12-3-2-10-20-12/h2-3,10-11H,1,4-9H2,(H,16,18). The molecular formula is C14H19ClN2O2S. The average Bonchev–Trinajstić information content (AvgIpc) is 2.99. The van der Waals surface area contributed by atoms with E-state index in [9.17, 15) is 9.59 Å². The Balaban J connectivity index is 1.75. The highest BCUT2D eigenvalue weighted by Gasteiger charge is 2.24. The lowest BCUT2D eigenvalue weighted by atomic mass is 10.0. The summed E-state index contributed by atoms with van der Waals surface area (Å²) in [5.74, 6) is 0.682. The normalized spacial score (nSPS) is 16.1. The number of carbonyl (C=O) groups excluding carboxylic acids is 2. The zero-order valence-corrected chi connectivity index (χ0v) is 12.9. The number of nitrogens with zero attached hydrogens (tertiary/aromatic N) is 1. The van der Waals surface area contributed by atoms with E-state index in [1.807, 2.05) is 22.4 Å². The van der Waals surface area contributed by atoms with Crippen molar-refractivity contribution in [2.75, 3.05) is 19.0 Å². The van der Waals surface area contributed by atoms with Crippen LogP contribution in [0.3, 0.4) is 0 Å². The molecule has 4 nitrogen and oxygen atoms in total. The zero-order chi connectivity index (χ0) is 14.4. The minimum absolute atomic E-state index is 0.0636. The fourth-order valence-electron chi connectivity index (χ4n) is 2.31. The summed E-state index contributed by atoms with van der Waals surface area (Å²) >= 11 is 7.04. The second-order valence-electron chi connectivity index (χ2n) is 4.90. The van der Waals surface area contributed by atoms with Crippen LogP contribution in [0.1, 0.15) is 35.4 Å². The molecule has 1 saturated heterocycles. The molecule has 0 aliphatic carbocycles. The van der Waals surface area contributed by atoms with Gasteiger partial charge < -0.3 is 10.2 Å². The van der Waals surface area contributed by atoms with Crippen molar-refractivity contribution in [3.05, 3.63) is 22.4 Å². The van der Waals surface area contributed by atoms with Crippen LogP contribution in [0.4, 0.5) is 0 Å². The third-order valence-corrected chi connectivity index (χ3v) is 4.54. The minimum Gasteiger partial charge on any atom is -0.353 e. The van der Waals surface area contributed by atoms with Crippen LogP contribution in [-0.2, 0) is 4.79 Å². The summed E-state index contributed by atoms with van der Waals surface area (Å²) in [6, 6.07) is 3.93. The Hall–Kier alpha value is -1.07. The number of carbonyl (C=O) groups is 2. The van der Waals surface area contributed by atoms with Crippen molar-refractivity contribution in [1.82, 2.24) is 10.2 Å². The Bertz CT molecular complexity index is 442. The maximum atomic E-state index is 12.2. The molecule has 110 valence electrons. The smallest absolute Gasteiger partial charge is 0.263 e. The van der Waals surface area contributed by atoms with Crippen LogP contribution < -0.4 is 5.32 Å². The summed E-state index contributed by atoms with van der Waals surface area (Å²) < 4.78 is 0. The van der Waals surface area contributed by atoms with E-state index in [0.717, 1.165) is 17.7 Å². The minimum atomic E-state index is 0.0636. The number of thiophene rings is 1. The molecule has 1 aliphatic rings. The van der Waals surface area contributed by atoms with Gasteiger partial charge in [-0.25, -0.2) is 0 Å². The highest BCUT2D eigenvalue weighted by Crippen LogP contribution is 2.17. The first-order valence-corrected chi connectivity index (χ1v) is 8.30. The van der Waals surface area contributed by atoms with Gasteiger partial charge in [-0.1, -0.05) is 6.07 Å². The van der Waals surface area contributed by atoms with E-state index in [4.69, 9.17) is 11.6 Å². The van der Waals surface area contributed by atoms with E-state index in [0.29, 0.717) is 31.8 Å². The Labute approximate surface area is 128 Å². The van der Waals surface area contributed by atoms with Gasteiger partial charge in [-0.2, -0.15) is 0 Å². The van der Waals surface area contributed by atoms with Crippen LogP contribution in [0.25, 0.3) is 0 Å². The quantitative estimate of drug-likeness (QED) is 0.849. The summed E-state index contributed by atoms with van der Waals surface area (Å²) in [4.78, 5) is 26.4. The number of rotatable bonds is 5. The van der Waals surface area contributed by atoms with E-state index in [1.54, 1.807) is 0 Å². The highest BCUT2D eigenvalue weighted by molar-refractivity contribution is 7.12. The van der Waals surface area contributed by atoms with Crippen molar-refractivity contribution in [2.24, 2.45) is 0 Å². The van der Waals surface area contributed by atoms with Crippen LogP contribution in [0.15, 0.2) is 17.5 Å². The molecule has 1 aromatic rings. The summed E-state index contributed by atoms with van der Waals surface area (Å²) in [6.07, 6.45) is 2.84. The van der Waals surface area contributed by atoms with Crippen molar-refractivity contribution in [2.45, 2.75) is 31.7 Å². The molecule has 2 heterocycles. The van der Waals surface area contributed by atoms with E-state index >= 15 is 0 Å². The van der Waals surface area contributed by atoms with Gasteiger partial charge in [0.1, 0.15) is 0 Å². The Kier molecular flexibility index (Phi) is 5.86. The maximum absolute atomic E-state index is 12.2. The second-order valence-corrected chi connectivity index (χ2v) is 6.23. The van der Waals surface area contributed by atoms with Crippen molar-refractivity contribution in [3.63, 3.8) is 0 Å². The van der Waals surface area contributed by atoms with Gasteiger partial charge in [0.15, 0.2) is 0 Å². The van der Waals surface area contributed by atoms with Crippen molar-refractivity contribution in [1.29, 1.82) is 0 Å². The molecule has 0 bridgehead atoms. The molecule has 0 radical (unpaired) electrons. The second kappa shape index (κ2) is 7.64. The van der Waals surface area contributed by atoms with Gasteiger partial charge in [0.25, 0.3) is 5.91 Å². The number of halogens is 1. The first-order valence-electron chi connectivity index (χ1n) is 6.89. The third kappa shape index (κ3) is 4.21. The lowest BCUT2D eigenvalue weighted by molar-refractivity contribution is -0.122. The predicted molar refractivity (Wildman–Crippen MR) is 81.3 cm³/mol. The predicted octanol–water partition coefficient (Wildman–Crippen LogP) is 2.49. The van der Waals surface area contributed by atoms with Crippen molar-refractivity contribution < 1.29 is 9.59 Å². The molecular weight excluding hydrogens is 296 g/mol. The third-order valence-electron chi connectivity index (χ3n) is 3.42. The fourth-order valence-corrected chi connectivity index (χ4v) is 3.13. The molecule has 2 rings (SSSR count). The van der Waals surface area contributed by atoms with E-state index in [1.165, 1.54) is 11.3 Å². The monoisotopic (exact) mass is 314 g/mol. The Morgan fingerprint density at radius 2 is 2.15 bits per heavy atom. The molecule has 0 atom stereocenters. The fraction of sp³-hybridized carbons (Fsp3) is 0.571. The van der Waals surface area contributed by atoms with Crippen molar-refractivity contribution >= 4 is 34.8 Å². The molecule has 1 N–H and O–H groups in total. The molecule has 2 amide bonds. The van der Waals surface area contributed by atoms with Crippen molar-refractivity contribution in [3.8, 4) is 0 Å². The maximum Gasteiger partial charge on any atom is 0.263 e. The number of likely N-dealkylation sites (tertiary alicyclic amines) is 1. The molecule has 6 heteroatoms. The van der Waals surface area contributed by atoms with E-state index in [2.05, 4.69) is 5.32 Å². The van der Waals surface area contributed by atoms with Gasteiger partial charge in [-0.05, 0) is 30.7 Å². The SMILES string of the molecule is O=C(CCCCl)NC1CCN(C(=O)c2cccs2)CC1. The topological polar surface area (TPSA) is 49.4 Å². The molecule has 1 aliphatic heterocycles. The van der Waals surface area contributed by atoms with Gasteiger partial charge in [0.05, 0.1) is 4.88 Å². The molecule has 0 unspecified atom stereocenters. The van der Waals surface area contributed by atoms with Gasteiger partial charge >= 0.3 is 0 Å². The Morgan fingerprint density at radius 3 is 2.75 bits per heavy atom. The number of nitrogens with one attached hydrogen (secondary N) is 1.